The summed E-state index contributed by atoms with van der Waals surface area (Å²) in [5, 5.41) is 10.4. The van der Waals surface area contributed by atoms with E-state index in [0.717, 1.165) is 12.8 Å². The molecule has 0 rings (SSSR count). The van der Waals surface area contributed by atoms with Crippen LogP contribution in [0.15, 0.2) is 0 Å². The van der Waals surface area contributed by atoms with Crippen LogP contribution >= 0.6 is 0 Å². The number of rotatable bonds is 20. The Hall–Kier alpha value is 0.759. The van der Waals surface area contributed by atoms with Gasteiger partial charge in [-0.15, -0.1) is 0 Å². The van der Waals surface area contributed by atoms with Crippen molar-refractivity contribution < 1.29 is 5.11 Å². The molecule has 0 spiro atoms. The monoisotopic (exact) mass is 476 g/mol. The van der Waals surface area contributed by atoms with Crippen molar-refractivity contribution in [2.24, 2.45) is 0 Å². The third-order valence-electron chi connectivity index (χ3n) is 6.32. The third-order valence-corrected chi connectivity index (χ3v) is 22.5. The van der Waals surface area contributed by atoms with Gasteiger partial charge in [0.1, 0.15) is 0 Å². The molecule has 1 nitrogen and oxygen atoms in total. The van der Waals surface area contributed by atoms with Crippen molar-refractivity contribution in [3.63, 3.8) is 0 Å². The van der Waals surface area contributed by atoms with Crippen LogP contribution in [0, 0.1) is 0 Å². The minimum atomic E-state index is -1.94. The average molecular weight is 475 g/mol. The molecule has 0 fully saturated rings. The summed E-state index contributed by atoms with van der Waals surface area (Å²) in [6.07, 6.45) is 20.0. The second kappa shape index (κ2) is 19.1. The predicted octanol–water partition coefficient (Wildman–Crippen LogP) is 8.73. The van der Waals surface area contributed by atoms with Crippen LogP contribution in [0.3, 0.4) is 0 Å². The maximum atomic E-state index is 10.4. The summed E-state index contributed by atoms with van der Waals surface area (Å²) in [6, 6.07) is 0. The number of unbranched alkanes of at least 4 members (excludes halogenated alkanes) is 8. The number of aliphatic hydroxyl groups excluding tert-OH is 1. The zero-order valence-corrected chi connectivity index (χ0v) is 21.8. The molecule has 0 heterocycles. The quantitative estimate of drug-likeness (QED) is 0.138. The summed E-state index contributed by atoms with van der Waals surface area (Å²) >= 11 is -1.94. The SMILES string of the molecule is CCCCCCCCC(O)CC[CH2][Sn]([CH2]CCC)([CH2]CCC)[CH2]CCC. The van der Waals surface area contributed by atoms with E-state index in [2.05, 4.69) is 27.7 Å². The van der Waals surface area contributed by atoms with E-state index in [0.29, 0.717) is 0 Å². The summed E-state index contributed by atoms with van der Waals surface area (Å²) in [5.74, 6) is 0. The molecule has 0 aromatic carbocycles. The van der Waals surface area contributed by atoms with E-state index in [1.807, 2.05) is 0 Å². The van der Waals surface area contributed by atoms with Crippen LogP contribution < -0.4 is 0 Å². The van der Waals surface area contributed by atoms with Crippen molar-refractivity contribution in [3.05, 3.63) is 0 Å². The Morgan fingerprint density at radius 2 is 0.885 bits per heavy atom. The minimum absolute atomic E-state index is 0.0197. The van der Waals surface area contributed by atoms with Gasteiger partial charge in [-0.25, -0.2) is 0 Å². The van der Waals surface area contributed by atoms with Gasteiger partial charge in [0.2, 0.25) is 0 Å². The van der Waals surface area contributed by atoms with E-state index in [1.165, 1.54) is 83.5 Å². The summed E-state index contributed by atoms with van der Waals surface area (Å²) in [6.45, 7) is 9.36. The molecule has 0 amide bonds. The molecular formula is C24H52OSn. The van der Waals surface area contributed by atoms with Gasteiger partial charge in [0.25, 0.3) is 0 Å². The van der Waals surface area contributed by atoms with Crippen molar-refractivity contribution in [2.45, 2.75) is 148 Å². The van der Waals surface area contributed by atoms with Gasteiger partial charge in [-0.2, -0.15) is 0 Å². The van der Waals surface area contributed by atoms with Crippen molar-refractivity contribution in [1.82, 2.24) is 0 Å². The van der Waals surface area contributed by atoms with Gasteiger partial charge < -0.3 is 0 Å². The van der Waals surface area contributed by atoms with Gasteiger partial charge in [0.05, 0.1) is 0 Å². The molecule has 1 unspecified atom stereocenters. The Bertz CT molecular complexity index is 258. The summed E-state index contributed by atoms with van der Waals surface area (Å²) in [5.41, 5.74) is 0. The van der Waals surface area contributed by atoms with E-state index in [1.54, 1.807) is 17.7 Å². The molecule has 0 aliphatic heterocycles. The Balaban J connectivity index is 4.21. The molecule has 0 aromatic heterocycles. The molecule has 0 aliphatic rings. The predicted molar refractivity (Wildman–Crippen MR) is 123 cm³/mol. The molecule has 2 heteroatoms. The van der Waals surface area contributed by atoms with Crippen molar-refractivity contribution in [1.29, 1.82) is 0 Å². The molecule has 0 saturated heterocycles. The van der Waals surface area contributed by atoms with E-state index < -0.39 is 18.4 Å². The zero-order valence-electron chi connectivity index (χ0n) is 19.0. The summed E-state index contributed by atoms with van der Waals surface area (Å²) in [7, 11) is 0. The molecule has 1 atom stereocenters. The Kier molecular flexibility index (Phi) is 19.6. The second-order valence-electron chi connectivity index (χ2n) is 8.91. The molecule has 1 N–H and O–H groups in total. The van der Waals surface area contributed by atoms with E-state index in [-0.39, 0.29) is 6.10 Å². The van der Waals surface area contributed by atoms with Crippen LogP contribution in [0.1, 0.15) is 124 Å². The fourth-order valence-electron chi connectivity index (χ4n) is 4.42. The zero-order chi connectivity index (χ0) is 19.5. The molecule has 0 aromatic rings. The molecular weight excluding hydrogens is 423 g/mol. The topological polar surface area (TPSA) is 20.2 Å². The Morgan fingerprint density at radius 3 is 1.38 bits per heavy atom. The molecule has 26 heavy (non-hydrogen) atoms. The van der Waals surface area contributed by atoms with Crippen molar-refractivity contribution >= 4 is 18.4 Å². The van der Waals surface area contributed by atoms with Gasteiger partial charge >= 0.3 is 171 Å². The van der Waals surface area contributed by atoms with E-state index in [9.17, 15) is 5.11 Å². The first-order chi connectivity index (χ1) is 12.6. The normalized spacial score (nSPS) is 13.3. The van der Waals surface area contributed by atoms with E-state index >= 15 is 0 Å². The van der Waals surface area contributed by atoms with Crippen molar-refractivity contribution in [2.75, 3.05) is 0 Å². The fraction of sp³-hybridized carbons (Fsp3) is 1.00. The van der Waals surface area contributed by atoms with Crippen LogP contribution in [0.4, 0.5) is 0 Å². The summed E-state index contributed by atoms with van der Waals surface area (Å²) < 4.78 is 6.43. The Labute approximate surface area is 171 Å². The first-order valence-electron chi connectivity index (χ1n) is 12.3. The second-order valence-corrected chi connectivity index (χ2v) is 23.2. The van der Waals surface area contributed by atoms with Gasteiger partial charge in [0.15, 0.2) is 0 Å². The van der Waals surface area contributed by atoms with E-state index in [4.69, 9.17) is 0 Å². The molecule has 0 radical (unpaired) electrons. The first-order valence-corrected chi connectivity index (χ1v) is 20.4. The first kappa shape index (κ1) is 26.8. The van der Waals surface area contributed by atoms with Gasteiger partial charge in [-0.05, 0) is 0 Å². The standard InChI is InChI=1S/C12H25O.3C4H9.Sn/c1-3-5-6-7-8-9-11-12(13)10-4-2;3*1-3-4-2;/h12-13H,2-11H2,1H3;3*1,3-4H2,2H3;. The molecule has 0 bridgehead atoms. The van der Waals surface area contributed by atoms with Gasteiger partial charge in [-0.3, -0.25) is 0 Å². The van der Waals surface area contributed by atoms with Crippen LogP contribution in [-0.4, -0.2) is 29.6 Å². The van der Waals surface area contributed by atoms with Gasteiger partial charge in [-0.1, -0.05) is 0 Å². The summed E-state index contributed by atoms with van der Waals surface area (Å²) in [4.78, 5) is 0. The van der Waals surface area contributed by atoms with Crippen LogP contribution in [0.2, 0.25) is 17.7 Å². The number of hydrogen-bond donors (Lipinski definition) is 1. The average Bonchev–Trinajstić information content (AvgIpc) is 2.65. The maximum absolute atomic E-state index is 10.4. The van der Waals surface area contributed by atoms with Crippen LogP contribution in [0.25, 0.3) is 0 Å². The number of hydrogen-bond acceptors (Lipinski definition) is 1. The molecule has 158 valence electrons. The van der Waals surface area contributed by atoms with Crippen molar-refractivity contribution in [3.8, 4) is 0 Å². The van der Waals surface area contributed by atoms with Gasteiger partial charge in [0, 0.05) is 0 Å². The molecule has 0 saturated carbocycles. The fourth-order valence-corrected chi connectivity index (χ4v) is 20.9. The van der Waals surface area contributed by atoms with Crippen LogP contribution in [-0.2, 0) is 0 Å². The third kappa shape index (κ3) is 14.8. The van der Waals surface area contributed by atoms with Crippen LogP contribution in [0.5, 0.6) is 0 Å². The Morgan fingerprint density at radius 1 is 0.500 bits per heavy atom. The number of aliphatic hydroxyl groups is 1. The molecule has 0 aliphatic carbocycles.